The molecule has 0 aromatic heterocycles. The molecule has 2 rings (SSSR count). The standard InChI is InChI=1S/C20H22O3/c1-13(2)23-17-9-7-16(8-10-17)12-19(20(21)22)18-11-14(3)5-6-15(18)4/h5-13H,1-4H3,(H,21,22)/b19-12-. The highest BCUT2D eigenvalue weighted by atomic mass is 16.5. The average Bonchev–Trinajstić information content (AvgIpc) is 2.48. The third-order valence-corrected chi connectivity index (χ3v) is 3.48. The van der Waals surface area contributed by atoms with Gasteiger partial charge >= 0.3 is 5.97 Å². The van der Waals surface area contributed by atoms with Crippen LogP contribution < -0.4 is 4.74 Å². The van der Waals surface area contributed by atoms with Gasteiger partial charge in [0.05, 0.1) is 11.7 Å². The minimum atomic E-state index is -0.929. The van der Waals surface area contributed by atoms with Gasteiger partial charge in [-0.05, 0) is 62.6 Å². The number of aryl methyl sites for hydroxylation is 2. The highest BCUT2D eigenvalue weighted by Crippen LogP contribution is 2.24. The molecule has 3 nitrogen and oxygen atoms in total. The Kier molecular flexibility index (Phi) is 5.22. The molecular weight excluding hydrogens is 288 g/mol. The monoisotopic (exact) mass is 310 g/mol. The van der Waals surface area contributed by atoms with E-state index in [2.05, 4.69) is 0 Å². The zero-order valence-electron chi connectivity index (χ0n) is 14.0. The van der Waals surface area contributed by atoms with E-state index < -0.39 is 5.97 Å². The van der Waals surface area contributed by atoms with Crippen LogP contribution in [-0.4, -0.2) is 17.2 Å². The van der Waals surface area contributed by atoms with E-state index in [-0.39, 0.29) is 6.10 Å². The molecule has 0 saturated carbocycles. The summed E-state index contributed by atoms with van der Waals surface area (Å²) in [5.74, 6) is -0.151. The summed E-state index contributed by atoms with van der Waals surface area (Å²) in [6.45, 7) is 7.82. The summed E-state index contributed by atoms with van der Waals surface area (Å²) in [5, 5.41) is 9.58. The van der Waals surface area contributed by atoms with Crippen molar-refractivity contribution in [1.82, 2.24) is 0 Å². The van der Waals surface area contributed by atoms with Crippen LogP contribution in [0.25, 0.3) is 11.6 Å². The normalized spacial score (nSPS) is 11.6. The molecule has 2 aromatic rings. The lowest BCUT2D eigenvalue weighted by atomic mass is 9.96. The summed E-state index contributed by atoms with van der Waals surface area (Å²) in [6.07, 6.45) is 1.81. The first kappa shape index (κ1) is 16.8. The summed E-state index contributed by atoms with van der Waals surface area (Å²) >= 11 is 0. The highest BCUT2D eigenvalue weighted by molar-refractivity contribution is 6.21. The maximum absolute atomic E-state index is 11.7. The predicted octanol–water partition coefficient (Wildman–Crippen LogP) is 4.72. The largest absolute Gasteiger partial charge is 0.491 e. The summed E-state index contributed by atoms with van der Waals surface area (Å²) < 4.78 is 5.60. The van der Waals surface area contributed by atoms with Gasteiger partial charge in [0, 0.05) is 0 Å². The molecular formula is C20H22O3. The van der Waals surface area contributed by atoms with Crippen LogP contribution in [0.4, 0.5) is 0 Å². The quantitative estimate of drug-likeness (QED) is 0.642. The van der Waals surface area contributed by atoms with Gasteiger partial charge in [0.2, 0.25) is 0 Å². The molecule has 0 aliphatic carbocycles. The molecule has 0 saturated heterocycles. The maximum Gasteiger partial charge on any atom is 0.336 e. The molecule has 2 aromatic carbocycles. The minimum absolute atomic E-state index is 0.112. The Morgan fingerprint density at radius 3 is 2.30 bits per heavy atom. The summed E-state index contributed by atoms with van der Waals surface area (Å²) in [6, 6.07) is 13.3. The summed E-state index contributed by atoms with van der Waals surface area (Å²) in [7, 11) is 0. The molecule has 0 spiro atoms. The Hall–Kier alpha value is -2.55. The number of carbonyl (C=O) groups is 1. The second kappa shape index (κ2) is 7.14. The Labute approximate surface area is 137 Å². The van der Waals surface area contributed by atoms with Crippen molar-refractivity contribution in [1.29, 1.82) is 0 Å². The molecule has 0 atom stereocenters. The molecule has 23 heavy (non-hydrogen) atoms. The van der Waals surface area contributed by atoms with Gasteiger partial charge in [0.15, 0.2) is 0 Å². The maximum atomic E-state index is 11.7. The molecule has 0 radical (unpaired) electrons. The van der Waals surface area contributed by atoms with E-state index in [1.807, 2.05) is 70.2 Å². The molecule has 0 aliphatic rings. The first-order valence-corrected chi connectivity index (χ1v) is 7.66. The van der Waals surface area contributed by atoms with Crippen molar-refractivity contribution in [2.75, 3.05) is 0 Å². The van der Waals surface area contributed by atoms with Gasteiger partial charge in [-0.3, -0.25) is 0 Å². The molecule has 0 amide bonds. The SMILES string of the molecule is Cc1ccc(C)c(/C(=C/c2ccc(OC(C)C)cc2)C(=O)O)c1. The lowest BCUT2D eigenvalue weighted by Gasteiger charge is -2.10. The molecule has 0 bridgehead atoms. The Morgan fingerprint density at radius 2 is 1.74 bits per heavy atom. The number of aliphatic carboxylic acids is 1. The first-order chi connectivity index (χ1) is 10.9. The fourth-order valence-electron chi connectivity index (χ4n) is 2.36. The Balaban J connectivity index is 2.39. The van der Waals surface area contributed by atoms with Crippen LogP contribution in [0.15, 0.2) is 42.5 Å². The smallest absolute Gasteiger partial charge is 0.336 e. The fourth-order valence-corrected chi connectivity index (χ4v) is 2.36. The van der Waals surface area contributed by atoms with Gasteiger partial charge in [0.25, 0.3) is 0 Å². The van der Waals surface area contributed by atoms with Gasteiger partial charge < -0.3 is 9.84 Å². The van der Waals surface area contributed by atoms with Crippen molar-refractivity contribution < 1.29 is 14.6 Å². The Bertz CT molecular complexity index is 725. The van der Waals surface area contributed by atoms with Crippen LogP contribution in [0, 0.1) is 13.8 Å². The number of hydrogen-bond acceptors (Lipinski definition) is 2. The molecule has 0 aliphatic heterocycles. The van der Waals surface area contributed by atoms with Crippen LogP contribution in [0.5, 0.6) is 5.75 Å². The van der Waals surface area contributed by atoms with Crippen LogP contribution in [0.2, 0.25) is 0 Å². The molecule has 120 valence electrons. The average molecular weight is 310 g/mol. The zero-order valence-corrected chi connectivity index (χ0v) is 14.0. The topological polar surface area (TPSA) is 46.5 Å². The van der Waals surface area contributed by atoms with Crippen molar-refractivity contribution in [3.63, 3.8) is 0 Å². The van der Waals surface area contributed by atoms with Crippen LogP contribution in [0.1, 0.15) is 36.1 Å². The van der Waals surface area contributed by atoms with E-state index in [9.17, 15) is 9.90 Å². The van der Waals surface area contributed by atoms with E-state index in [1.54, 1.807) is 6.08 Å². The van der Waals surface area contributed by atoms with E-state index in [0.29, 0.717) is 5.57 Å². The number of carboxylic acids is 1. The van der Waals surface area contributed by atoms with Gasteiger partial charge in [-0.25, -0.2) is 4.79 Å². The van der Waals surface area contributed by atoms with E-state index in [4.69, 9.17) is 4.74 Å². The molecule has 0 heterocycles. The van der Waals surface area contributed by atoms with Gasteiger partial charge in [-0.2, -0.15) is 0 Å². The lowest BCUT2D eigenvalue weighted by Crippen LogP contribution is -2.05. The van der Waals surface area contributed by atoms with E-state index >= 15 is 0 Å². The van der Waals surface area contributed by atoms with Crippen molar-refractivity contribution in [3.05, 3.63) is 64.7 Å². The van der Waals surface area contributed by atoms with Crippen LogP contribution in [0.3, 0.4) is 0 Å². The number of hydrogen-bond donors (Lipinski definition) is 1. The van der Waals surface area contributed by atoms with Crippen molar-refractivity contribution >= 4 is 17.6 Å². The fraction of sp³-hybridized carbons (Fsp3) is 0.250. The second-order valence-electron chi connectivity index (χ2n) is 5.92. The first-order valence-electron chi connectivity index (χ1n) is 7.66. The van der Waals surface area contributed by atoms with E-state index in [0.717, 1.165) is 28.0 Å². The minimum Gasteiger partial charge on any atom is -0.491 e. The molecule has 0 unspecified atom stereocenters. The third-order valence-electron chi connectivity index (χ3n) is 3.48. The molecule has 3 heteroatoms. The van der Waals surface area contributed by atoms with Crippen molar-refractivity contribution in [2.45, 2.75) is 33.8 Å². The molecule has 0 fully saturated rings. The second-order valence-corrected chi connectivity index (χ2v) is 5.92. The van der Waals surface area contributed by atoms with Gasteiger partial charge in [0.1, 0.15) is 5.75 Å². The number of carboxylic acid groups (broad SMARTS) is 1. The predicted molar refractivity (Wildman–Crippen MR) is 93.6 cm³/mol. The Morgan fingerprint density at radius 1 is 1.09 bits per heavy atom. The summed E-state index contributed by atoms with van der Waals surface area (Å²) in [5.41, 5.74) is 3.87. The van der Waals surface area contributed by atoms with Gasteiger partial charge in [-0.1, -0.05) is 35.9 Å². The highest BCUT2D eigenvalue weighted by Gasteiger charge is 2.13. The number of rotatable bonds is 5. The van der Waals surface area contributed by atoms with Crippen LogP contribution >= 0.6 is 0 Å². The van der Waals surface area contributed by atoms with Crippen molar-refractivity contribution in [3.8, 4) is 5.75 Å². The summed E-state index contributed by atoms with van der Waals surface area (Å²) in [4.78, 5) is 11.7. The molecule has 1 N–H and O–H groups in total. The third kappa shape index (κ3) is 4.46. The lowest BCUT2D eigenvalue weighted by molar-refractivity contribution is -0.130. The zero-order chi connectivity index (χ0) is 17.0. The van der Waals surface area contributed by atoms with E-state index in [1.165, 1.54) is 0 Å². The van der Waals surface area contributed by atoms with Crippen molar-refractivity contribution in [2.24, 2.45) is 0 Å². The number of ether oxygens (including phenoxy) is 1. The number of benzene rings is 2. The van der Waals surface area contributed by atoms with Crippen LogP contribution in [-0.2, 0) is 4.79 Å². The van der Waals surface area contributed by atoms with Gasteiger partial charge in [-0.15, -0.1) is 0 Å².